The average Bonchev–Trinajstić information content (AvgIpc) is 3.11. The van der Waals surface area contributed by atoms with E-state index >= 15 is 0 Å². The Morgan fingerprint density at radius 3 is 3.08 bits per heavy atom. The summed E-state index contributed by atoms with van der Waals surface area (Å²) in [6.07, 6.45) is 3.51. The number of ether oxygens (including phenoxy) is 1. The first kappa shape index (κ1) is 14.6. The van der Waals surface area contributed by atoms with Crippen molar-refractivity contribution in [3.63, 3.8) is 0 Å². The van der Waals surface area contributed by atoms with E-state index in [1.165, 1.54) is 10.5 Å². The van der Waals surface area contributed by atoms with Crippen molar-refractivity contribution in [2.75, 3.05) is 6.61 Å². The van der Waals surface area contributed by atoms with Crippen molar-refractivity contribution in [2.45, 2.75) is 25.5 Å². The molecule has 1 saturated heterocycles. The Balaban J connectivity index is 2.07. The molecule has 0 saturated carbocycles. The van der Waals surface area contributed by atoms with Gasteiger partial charge in [-0.25, -0.2) is 4.98 Å². The normalized spacial score (nSPS) is 17.4. The highest BCUT2D eigenvalue weighted by molar-refractivity contribution is 5.77. The van der Waals surface area contributed by atoms with Gasteiger partial charge in [0.2, 0.25) is 0 Å². The minimum Gasteiger partial charge on any atom is -0.376 e. The number of pyridine rings is 2. The van der Waals surface area contributed by atoms with Crippen LogP contribution >= 0.6 is 0 Å². The Morgan fingerprint density at radius 2 is 2.33 bits per heavy atom. The largest absolute Gasteiger partial charge is 0.376 e. The predicted octanol–water partition coefficient (Wildman–Crippen LogP) is 1.18. The first-order chi connectivity index (χ1) is 11.7. The molecule has 0 radical (unpaired) electrons. The van der Waals surface area contributed by atoms with Crippen molar-refractivity contribution in [2.24, 2.45) is 0 Å². The van der Waals surface area contributed by atoms with Crippen molar-refractivity contribution >= 4 is 16.7 Å². The maximum Gasteiger partial charge on any atom is 0.267 e. The molecular formula is C17H15N5O2. The molecule has 0 bridgehead atoms. The summed E-state index contributed by atoms with van der Waals surface area (Å²) in [4.78, 5) is 17.3. The van der Waals surface area contributed by atoms with Gasteiger partial charge >= 0.3 is 0 Å². The van der Waals surface area contributed by atoms with Crippen molar-refractivity contribution in [3.8, 4) is 6.07 Å². The maximum absolute atomic E-state index is 12.8. The molecule has 1 unspecified atom stereocenters. The molecule has 4 rings (SSSR count). The van der Waals surface area contributed by atoms with Gasteiger partial charge in [-0.3, -0.25) is 14.6 Å². The van der Waals surface area contributed by atoms with E-state index in [0.29, 0.717) is 29.8 Å². The SMILES string of the molecule is N#Cc1cc2c(=O)n3ccccc3nc2n(CC2CCCO2)c1=N. The van der Waals surface area contributed by atoms with Gasteiger partial charge in [-0.05, 0) is 31.0 Å². The Labute approximate surface area is 136 Å². The van der Waals surface area contributed by atoms with E-state index in [-0.39, 0.29) is 22.7 Å². The minimum absolute atomic E-state index is 0.0210. The second kappa shape index (κ2) is 5.58. The first-order valence-corrected chi connectivity index (χ1v) is 7.80. The van der Waals surface area contributed by atoms with E-state index in [2.05, 4.69) is 4.98 Å². The van der Waals surface area contributed by atoms with Crippen LogP contribution < -0.4 is 11.0 Å². The molecule has 1 aliphatic heterocycles. The molecule has 24 heavy (non-hydrogen) atoms. The zero-order valence-corrected chi connectivity index (χ0v) is 12.9. The van der Waals surface area contributed by atoms with Gasteiger partial charge in [0, 0.05) is 12.8 Å². The lowest BCUT2D eigenvalue weighted by Crippen LogP contribution is -2.31. The third-order valence-corrected chi connectivity index (χ3v) is 4.35. The smallest absolute Gasteiger partial charge is 0.267 e. The van der Waals surface area contributed by atoms with Crippen molar-refractivity contribution in [1.29, 1.82) is 10.7 Å². The lowest BCUT2D eigenvalue weighted by atomic mass is 10.2. The summed E-state index contributed by atoms with van der Waals surface area (Å²) in [5, 5.41) is 18.0. The van der Waals surface area contributed by atoms with Crippen LogP contribution in [0.2, 0.25) is 0 Å². The van der Waals surface area contributed by atoms with Gasteiger partial charge in [-0.2, -0.15) is 5.26 Å². The van der Waals surface area contributed by atoms with Crippen LogP contribution in [-0.2, 0) is 11.3 Å². The molecule has 3 aromatic rings. The topological polar surface area (TPSA) is 96.2 Å². The monoisotopic (exact) mass is 321 g/mol. The summed E-state index contributed by atoms with van der Waals surface area (Å²) in [7, 11) is 0. The second-order valence-corrected chi connectivity index (χ2v) is 5.85. The Kier molecular flexibility index (Phi) is 3.40. The maximum atomic E-state index is 12.8. The van der Waals surface area contributed by atoms with E-state index in [0.717, 1.165) is 12.8 Å². The van der Waals surface area contributed by atoms with E-state index in [4.69, 9.17) is 10.1 Å². The highest BCUT2D eigenvalue weighted by Gasteiger charge is 2.20. The average molecular weight is 321 g/mol. The molecule has 0 amide bonds. The standard InChI is InChI=1S/C17H15N5O2/c18-9-11-8-13-16(20-14-5-1-2-6-21(14)17(13)23)22(15(11)19)10-12-4-3-7-24-12/h1-2,5-6,8,12,19H,3-4,7,10H2. The van der Waals surface area contributed by atoms with E-state index in [1.807, 2.05) is 12.1 Å². The number of hydrogen-bond donors (Lipinski definition) is 1. The van der Waals surface area contributed by atoms with Crippen molar-refractivity contribution in [1.82, 2.24) is 14.0 Å². The van der Waals surface area contributed by atoms with Crippen molar-refractivity contribution < 1.29 is 4.74 Å². The van der Waals surface area contributed by atoms with Crippen molar-refractivity contribution in [3.05, 3.63) is 51.9 Å². The summed E-state index contributed by atoms with van der Waals surface area (Å²) >= 11 is 0. The molecule has 3 aromatic heterocycles. The predicted molar refractivity (Wildman–Crippen MR) is 86.5 cm³/mol. The summed E-state index contributed by atoms with van der Waals surface area (Å²) in [6, 6.07) is 8.77. The zero-order chi connectivity index (χ0) is 16.7. The fourth-order valence-electron chi connectivity index (χ4n) is 3.14. The Morgan fingerprint density at radius 1 is 1.46 bits per heavy atom. The van der Waals surface area contributed by atoms with Crippen LogP contribution in [-0.4, -0.2) is 26.7 Å². The molecule has 1 N–H and O–H groups in total. The Bertz CT molecular complexity index is 1100. The van der Waals surface area contributed by atoms with Gasteiger partial charge in [0.25, 0.3) is 5.56 Å². The molecular weight excluding hydrogens is 306 g/mol. The van der Waals surface area contributed by atoms with Crippen LogP contribution in [0.1, 0.15) is 18.4 Å². The van der Waals surface area contributed by atoms with Crippen LogP contribution in [0.3, 0.4) is 0 Å². The van der Waals surface area contributed by atoms with E-state index < -0.39 is 0 Å². The van der Waals surface area contributed by atoms with Gasteiger partial charge in [-0.15, -0.1) is 0 Å². The zero-order valence-electron chi connectivity index (χ0n) is 12.9. The quantitative estimate of drug-likeness (QED) is 0.717. The molecule has 1 atom stereocenters. The molecule has 0 aromatic carbocycles. The fraction of sp³-hybridized carbons (Fsp3) is 0.294. The van der Waals surface area contributed by atoms with Gasteiger partial charge in [0.15, 0.2) is 0 Å². The number of rotatable bonds is 2. The Hall–Kier alpha value is -2.98. The number of hydrogen-bond acceptors (Lipinski definition) is 5. The second-order valence-electron chi connectivity index (χ2n) is 5.85. The highest BCUT2D eigenvalue weighted by atomic mass is 16.5. The van der Waals surface area contributed by atoms with Crippen LogP contribution in [0.5, 0.6) is 0 Å². The molecule has 4 heterocycles. The number of aromatic nitrogens is 3. The minimum atomic E-state index is -0.242. The summed E-state index contributed by atoms with van der Waals surface area (Å²) < 4.78 is 8.73. The van der Waals surface area contributed by atoms with Crippen LogP contribution in [0.25, 0.3) is 16.7 Å². The summed E-state index contributed by atoms with van der Waals surface area (Å²) in [6.45, 7) is 1.12. The lowest BCUT2D eigenvalue weighted by molar-refractivity contribution is 0.0967. The first-order valence-electron chi connectivity index (χ1n) is 7.80. The van der Waals surface area contributed by atoms with E-state index in [1.54, 1.807) is 22.9 Å². The molecule has 120 valence electrons. The third-order valence-electron chi connectivity index (χ3n) is 4.35. The van der Waals surface area contributed by atoms with Crippen LogP contribution in [0.15, 0.2) is 35.3 Å². The molecule has 0 spiro atoms. The number of fused-ring (bicyclic) bond motifs is 2. The number of nitrogens with zero attached hydrogens (tertiary/aromatic N) is 4. The number of nitrogens with one attached hydrogen (secondary N) is 1. The lowest BCUT2D eigenvalue weighted by Gasteiger charge is -2.16. The molecule has 0 aliphatic carbocycles. The van der Waals surface area contributed by atoms with Gasteiger partial charge in [0.1, 0.15) is 22.9 Å². The molecule has 7 heteroatoms. The molecule has 7 nitrogen and oxygen atoms in total. The fourth-order valence-corrected chi connectivity index (χ4v) is 3.14. The van der Waals surface area contributed by atoms with Crippen LogP contribution in [0.4, 0.5) is 0 Å². The van der Waals surface area contributed by atoms with Crippen LogP contribution in [0, 0.1) is 16.7 Å². The number of nitriles is 1. The van der Waals surface area contributed by atoms with Gasteiger partial charge in [0.05, 0.1) is 23.6 Å². The molecule has 1 aliphatic rings. The van der Waals surface area contributed by atoms with Gasteiger partial charge in [-0.1, -0.05) is 6.07 Å². The third kappa shape index (κ3) is 2.20. The van der Waals surface area contributed by atoms with E-state index in [9.17, 15) is 10.1 Å². The molecule has 1 fully saturated rings. The summed E-state index contributed by atoms with van der Waals surface area (Å²) in [5.41, 5.74) is 0.919. The van der Waals surface area contributed by atoms with Gasteiger partial charge < -0.3 is 9.30 Å². The highest BCUT2D eigenvalue weighted by Crippen LogP contribution is 2.16. The summed E-state index contributed by atoms with van der Waals surface area (Å²) in [5.74, 6) is 0.